The smallest absolute Gasteiger partial charge is 0.326 e. The molecule has 0 saturated carbocycles. The molecule has 3 aromatic rings. The first-order valence-electron chi connectivity index (χ1n) is 13.1. The first kappa shape index (κ1) is 30.1. The summed E-state index contributed by atoms with van der Waals surface area (Å²) in [5.41, 5.74) is 16.9. The van der Waals surface area contributed by atoms with Crippen LogP contribution in [0.2, 0.25) is 5.02 Å². The molecule has 0 spiro atoms. The summed E-state index contributed by atoms with van der Waals surface area (Å²) in [6.07, 6.45) is 0.405. The molecule has 0 aromatic heterocycles. The maximum absolute atomic E-state index is 14.3. The molecule has 1 fully saturated rings. The second kappa shape index (κ2) is 14.2. The molecule has 41 heavy (non-hydrogen) atoms. The van der Waals surface area contributed by atoms with Crippen LogP contribution >= 0.6 is 11.6 Å². The molecule has 4 rings (SSSR count). The number of benzene rings is 3. The fraction of sp³-hybridized carbons (Fsp3) is 0.276. The van der Waals surface area contributed by atoms with Crippen molar-refractivity contribution in [3.8, 4) is 11.1 Å². The van der Waals surface area contributed by atoms with Crippen molar-refractivity contribution in [2.45, 2.75) is 43.4 Å². The Kier molecular flexibility index (Phi) is 10.4. The van der Waals surface area contributed by atoms with E-state index in [2.05, 4.69) is 27.0 Å². The number of carboxylic acids is 1. The van der Waals surface area contributed by atoms with Crippen LogP contribution in [0.5, 0.6) is 0 Å². The van der Waals surface area contributed by atoms with Crippen LogP contribution in [0.1, 0.15) is 17.5 Å². The average Bonchev–Trinajstić information content (AvgIpc) is 3.50. The third kappa shape index (κ3) is 8.56. The van der Waals surface area contributed by atoms with Crippen LogP contribution in [-0.2, 0) is 27.2 Å². The van der Waals surface area contributed by atoms with Crippen molar-refractivity contribution >= 4 is 29.4 Å². The highest BCUT2D eigenvalue weighted by Gasteiger charge is 2.30. The molecule has 3 aromatic carbocycles. The van der Waals surface area contributed by atoms with E-state index in [-0.39, 0.29) is 25.2 Å². The number of aliphatic carboxylic acids is 1. The van der Waals surface area contributed by atoms with Crippen LogP contribution in [-0.4, -0.2) is 53.6 Å². The van der Waals surface area contributed by atoms with Gasteiger partial charge in [-0.25, -0.2) is 20.0 Å². The number of carbonyl (C=O) groups is 3. The van der Waals surface area contributed by atoms with Crippen molar-refractivity contribution in [3.63, 3.8) is 0 Å². The van der Waals surface area contributed by atoms with E-state index >= 15 is 0 Å². The normalized spacial score (nSPS) is 16.9. The summed E-state index contributed by atoms with van der Waals surface area (Å²) < 4.78 is 14.3. The Morgan fingerprint density at radius 2 is 1.71 bits per heavy atom. The lowest BCUT2D eigenvalue weighted by Crippen LogP contribution is -2.54. The van der Waals surface area contributed by atoms with Crippen molar-refractivity contribution in [1.82, 2.24) is 27.0 Å². The summed E-state index contributed by atoms with van der Waals surface area (Å²) in [6.45, 7) is 0.325. The van der Waals surface area contributed by atoms with Gasteiger partial charge in [0.1, 0.15) is 17.9 Å². The van der Waals surface area contributed by atoms with Gasteiger partial charge in [0.15, 0.2) is 0 Å². The minimum absolute atomic E-state index is 0.0941. The number of halogens is 2. The highest BCUT2D eigenvalue weighted by atomic mass is 35.5. The molecule has 0 radical (unpaired) electrons. The molecule has 4 atom stereocenters. The summed E-state index contributed by atoms with van der Waals surface area (Å²) in [4.78, 5) is 37.8. The number of amides is 2. The van der Waals surface area contributed by atoms with Gasteiger partial charge in [0, 0.05) is 23.2 Å². The second-order valence-corrected chi connectivity index (χ2v) is 10.3. The SMILES string of the molecule is N[C@@H](Cc1ccccc1)C(=O)N[C@H](C[C@@H](Cc1ccc(-c2cc(Cl)ccc2F)cc1)NC(=O)C1CNNN1)C(=O)O. The van der Waals surface area contributed by atoms with E-state index < -0.39 is 41.9 Å². The van der Waals surface area contributed by atoms with Gasteiger partial charge in [-0.1, -0.05) is 66.2 Å². The summed E-state index contributed by atoms with van der Waals surface area (Å²) in [6, 6.07) is 17.0. The van der Waals surface area contributed by atoms with E-state index in [1.165, 1.54) is 18.2 Å². The van der Waals surface area contributed by atoms with Crippen LogP contribution in [0.3, 0.4) is 0 Å². The van der Waals surface area contributed by atoms with Gasteiger partial charge in [-0.15, -0.1) is 0 Å². The fourth-order valence-electron chi connectivity index (χ4n) is 4.56. The fourth-order valence-corrected chi connectivity index (χ4v) is 4.74. The lowest BCUT2D eigenvalue weighted by Gasteiger charge is -2.25. The molecule has 2 amide bonds. The predicted octanol–water partition coefficient (Wildman–Crippen LogP) is 1.68. The molecule has 0 aliphatic carbocycles. The molecule has 1 aliphatic heterocycles. The Labute approximate surface area is 241 Å². The zero-order valence-electron chi connectivity index (χ0n) is 22.1. The zero-order chi connectivity index (χ0) is 29.4. The summed E-state index contributed by atoms with van der Waals surface area (Å²) >= 11 is 6.03. The van der Waals surface area contributed by atoms with Gasteiger partial charge < -0.3 is 21.5 Å². The first-order valence-corrected chi connectivity index (χ1v) is 13.5. The van der Waals surface area contributed by atoms with Gasteiger partial charge in [-0.2, -0.15) is 5.53 Å². The number of rotatable bonds is 12. The standard InChI is InChI=1S/C29H32ClFN6O4/c30-20-10-11-23(31)22(14-20)19-8-6-18(7-9-19)12-21(34-28(39)26-16-33-37-36-26)15-25(29(40)41)35-27(38)24(32)13-17-4-2-1-3-5-17/h1-11,14,21,24-26,33,36-37H,12-13,15-16,32H2,(H,34,39)(H,35,38)(H,40,41)/t21-,24+,25-,26?/m1/s1. The molecule has 10 nitrogen and oxygen atoms in total. The van der Waals surface area contributed by atoms with Crippen LogP contribution < -0.4 is 32.8 Å². The number of nitrogens with two attached hydrogens (primary N) is 1. The van der Waals surface area contributed by atoms with E-state index in [1.54, 1.807) is 24.3 Å². The maximum Gasteiger partial charge on any atom is 0.326 e. The van der Waals surface area contributed by atoms with Crippen molar-refractivity contribution in [2.24, 2.45) is 5.73 Å². The van der Waals surface area contributed by atoms with Gasteiger partial charge in [-0.3, -0.25) is 9.59 Å². The molecule has 12 heteroatoms. The highest BCUT2D eigenvalue weighted by Crippen LogP contribution is 2.26. The summed E-state index contributed by atoms with van der Waals surface area (Å²) in [5, 5.41) is 15.7. The van der Waals surface area contributed by atoms with Crippen LogP contribution in [0.4, 0.5) is 4.39 Å². The minimum Gasteiger partial charge on any atom is -0.480 e. The molecular formula is C29H32ClFN6O4. The molecule has 1 unspecified atom stereocenters. The number of nitrogens with one attached hydrogen (secondary N) is 5. The molecule has 0 bridgehead atoms. The van der Waals surface area contributed by atoms with E-state index in [0.29, 0.717) is 22.7 Å². The summed E-state index contributed by atoms with van der Waals surface area (Å²) in [7, 11) is 0. The lowest BCUT2D eigenvalue weighted by atomic mass is 9.96. The number of hydrogen-bond donors (Lipinski definition) is 7. The minimum atomic E-state index is -1.30. The Balaban J connectivity index is 1.48. The van der Waals surface area contributed by atoms with E-state index in [9.17, 15) is 23.9 Å². The van der Waals surface area contributed by atoms with Crippen molar-refractivity contribution in [2.75, 3.05) is 6.54 Å². The van der Waals surface area contributed by atoms with Crippen molar-refractivity contribution in [3.05, 3.63) is 94.8 Å². The molecule has 1 heterocycles. The van der Waals surface area contributed by atoms with Gasteiger partial charge in [0.2, 0.25) is 11.8 Å². The van der Waals surface area contributed by atoms with E-state index in [0.717, 1.165) is 11.1 Å². The van der Waals surface area contributed by atoms with Gasteiger partial charge >= 0.3 is 5.97 Å². The third-order valence-corrected chi connectivity index (χ3v) is 6.98. The highest BCUT2D eigenvalue weighted by molar-refractivity contribution is 6.30. The molecule has 1 saturated heterocycles. The zero-order valence-corrected chi connectivity index (χ0v) is 22.8. The van der Waals surface area contributed by atoms with Gasteiger partial charge in [0.25, 0.3) is 0 Å². The van der Waals surface area contributed by atoms with Crippen LogP contribution in [0.15, 0.2) is 72.8 Å². The largest absolute Gasteiger partial charge is 0.480 e. The quantitative estimate of drug-likeness (QED) is 0.170. The third-order valence-electron chi connectivity index (χ3n) is 6.75. The average molecular weight is 583 g/mol. The second-order valence-electron chi connectivity index (χ2n) is 9.86. The maximum atomic E-state index is 14.3. The number of hydrazine groups is 2. The van der Waals surface area contributed by atoms with Crippen molar-refractivity contribution < 1.29 is 23.9 Å². The Hall–Kier alpha value is -3.87. The van der Waals surface area contributed by atoms with Crippen LogP contribution in [0, 0.1) is 5.82 Å². The molecule has 1 aliphatic rings. The topological polar surface area (TPSA) is 158 Å². The summed E-state index contributed by atoms with van der Waals surface area (Å²) in [5.74, 6) is -2.62. The molecule has 216 valence electrons. The number of carbonyl (C=O) groups excluding carboxylic acids is 2. The van der Waals surface area contributed by atoms with Gasteiger partial charge in [-0.05, 0) is 54.2 Å². The van der Waals surface area contributed by atoms with Crippen molar-refractivity contribution in [1.29, 1.82) is 0 Å². The predicted molar refractivity (Wildman–Crippen MR) is 153 cm³/mol. The first-order chi connectivity index (χ1) is 19.7. The van der Waals surface area contributed by atoms with E-state index in [4.69, 9.17) is 17.3 Å². The number of hydrogen-bond acceptors (Lipinski definition) is 7. The Morgan fingerprint density at radius 3 is 2.37 bits per heavy atom. The molecule has 8 N–H and O–H groups in total. The van der Waals surface area contributed by atoms with E-state index in [1.807, 2.05) is 30.3 Å². The number of carboxylic acid groups (broad SMARTS) is 1. The van der Waals surface area contributed by atoms with Crippen LogP contribution in [0.25, 0.3) is 11.1 Å². The lowest BCUT2D eigenvalue weighted by molar-refractivity contribution is -0.142. The Morgan fingerprint density at radius 1 is 1.00 bits per heavy atom. The monoisotopic (exact) mass is 582 g/mol. The molecular weight excluding hydrogens is 551 g/mol. The van der Waals surface area contributed by atoms with Gasteiger partial charge in [0.05, 0.1) is 6.04 Å². The Bertz CT molecular complexity index is 1360.